The summed E-state index contributed by atoms with van der Waals surface area (Å²) >= 11 is 0. The molecular formula is C15H17F3N2O2. The summed E-state index contributed by atoms with van der Waals surface area (Å²) in [5.74, 6) is -0.966. The SMILES string of the molecule is CCCCC1=NN(C(=O)c2ccccc2)[C@@](O)(C(F)(F)F)C1. The van der Waals surface area contributed by atoms with Crippen molar-refractivity contribution in [2.45, 2.75) is 44.5 Å². The third-order valence-corrected chi connectivity index (χ3v) is 3.53. The second kappa shape index (κ2) is 6.08. The van der Waals surface area contributed by atoms with Crippen LogP contribution in [0.15, 0.2) is 35.4 Å². The highest BCUT2D eigenvalue weighted by Crippen LogP contribution is 2.41. The van der Waals surface area contributed by atoms with Crippen molar-refractivity contribution in [3.8, 4) is 0 Å². The van der Waals surface area contributed by atoms with E-state index in [9.17, 15) is 23.1 Å². The number of aliphatic hydroxyl groups is 1. The molecule has 22 heavy (non-hydrogen) atoms. The van der Waals surface area contributed by atoms with E-state index in [-0.39, 0.29) is 16.3 Å². The number of alkyl halides is 3. The van der Waals surface area contributed by atoms with E-state index in [2.05, 4.69) is 5.10 Å². The van der Waals surface area contributed by atoms with Crippen molar-refractivity contribution in [2.75, 3.05) is 0 Å². The van der Waals surface area contributed by atoms with Gasteiger partial charge in [0.1, 0.15) is 0 Å². The Kier molecular flexibility index (Phi) is 4.55. The molecule has 0 aliphatic carbocycles. The molecule has 0 bridgehead atoms. The van der Waals surface area contributed by atoms with Gasteiger partial charge in [-0.25, -0.2) is 0 Å². The van der Waals surface area contributed by atoms with Crippen molar-refractivity contribution in [3.63, 3.8) is 0 Å². The molecule has 0 aromatic heterocycles. The number of halogens is 3. The summed E-state index contributed by atoms with van der Waals surface area (Å²) in [7, 11) is 0. The third kappa shape index (κ3) is 2.99. The number of hydrogen-bond acceptors (Lipinski definition) is 3. The van der Waals surface area contributed by atoms with E-state index in [0.717, 1.165) is 6.42 Å². The maximum absolute atomic E-state index is 13.2. The maximum Gasteiger partial charge on any atom is 0.438 e. The van der Waals surface area contributed by atoms with Gasteiger partial charge in [-0.15, -0.1) is 0 Å². The fourth-order valence-corrected chi connectivity index (χ4v) is 2.27. The Bertz CT molecular complexity index is 572. The van der Waals surface area contributed by atoms with Gasteiger partial charge in [0.05, 0.1) is 0 Å². The van der Waals surface area contributed by atoms with Crippen molar-refractivity contribution in [1.29, 1.82) is 0 Å². The summed E-state index contributed by atoms with van der Waals surface area (Å²) in [6.45, 7) is 1.90. The Morgan fingerprint density at radius 2 is 2.00 bits per heavy atom. The van der Waals surface area contributed by atoms with E-state index in [0.29, 0.717) is 12.8 Å². The Morgan fingerprint density at radius 3 is 2.55 bits per heavy atom. The van der Waals surface area contributed by atoms with E-state index in [4.69, 9.17) is 0 Å². The monoisotopic (exact) mass is 314 g/mol. The van der Waals surface area contributed by atoms with Gasteiger partial charge < -0.3 is 5.11 Å². The molecule has 1 amide bonds. The molecule has 1 aromatic rings. The van der Waals surface area contributed by atoms with Crippen LogP contribution in [0.2, 0.25) is 0 Å². The lowest BCUT2D eigenvalue weighted by Gasteiger charge is -2.32. The molecular weight excluding hydrogens is 297 g/mol. The van der Waals surface area contributed by atoms with Crippen molar-refractivity contribution < 1.29 is 23.1 Å². The number of hydrogen-bond donors (Lipinski definition) is 1. The molecule has 4 nitrogen and oxygen atoms in total. The van der Waals surface area contributed by atoms with Gasteiger partial charge in [0.15, 0.2) is 0 Å². The molecule has 1 atom stereocenters. The zero-order valence-electron chi connectivity index (χ0n) is 12.1. The number of benzene rings is 1. The topological polar surface area (TPSA) is 52.9 Å². The molecule has 0 spiro atoms. The molecule has 0 radical (unpaired) electrons. The van der Waals surface area contributed by atoms with Gasteiger partial charge in [-0.05, 0) is 25.0 Å². The number of unbranched alkanes of at least 4 members (excludes halogenated alkanes) is 1. The van der Waals surface area contributed by atoms with Gasteiger partial charge in [-0.1, -0.05) is 31.5 Å². The van der Waals surface area contributed by atoms with Crippen LogP contribution in [0.25, 0.3) is 0 Å². The molecule has 1 aliphatic heterocycles. The number of rotatable bonds is 4. The highest BCUT2D eigenvalue weighted by molar-refractivity contribution is 5.98. The average Bonchev–Trinajstić information content (AvgIpc) is 2.83. The van der Waals surface area contributed by atoms with Crippen LogP contribution in [0.1, 0.15) is 43.0 Å². The molecule has 2 rings (SSSR count). The first-order chi connectivity index (χ1) is 10.3. The van der Waals surface area contributed by atoms with Crippen LogP contribution < -0.4 is 0 Å². The predicted octanol–water partition coefficient (Wildman–Crippen LogP) is 3.33. The number of amides is 1. The molecule has 1 aliphatic rings. The van der Waals surface area contributed by atoms with Crippen LogP contribution in [0.3, 0.4) is 0 Å². The van der Waals surface area contributed by atoms with Gasteiger partial charge in [0.25, 0.3) is 11.6 Å². The number of carbonyl (C=O) groups is 1. The summed E-state index contributed by atoms with van der Waals surface area (Å²) in [6, 6.07) is 7.50. The summed E-state index contributed by atoms with van der Waals surface area (Å²) in [4.78, 5) is 12.3. The van der Waals surface area contributed by atoms with E-state index in [1.54, 1.807) is 6.07 Å². The van der Waals surface area contributed by atoms with Crippen molar-refractivity contribution in [1.82, 2.24) is 5.01 Å². The summed E-state index contributed by atoms with van der Waals surface area (Å²) in [6.07, 6.45) is -3.91. The third-order valence-electron chi connectivity index (χ3n) is 3.53. The highest BCUT2D eigenvalue weighted by Gasteiger charge is 2.63. The summed E-state index contributed by atoms with van der Waals surface area (Å²) in [5, 5.41) is 14.0. The second-order valence-electron chi connectivity index (χ2n) is 5.24. The minimum atomic E-state index is -4.98. The molecule has 120 valence electrons. The largest absolute Gasteiger partial charge is 0.438 e. The fraction of sp³-hybridized carbons (Fsp3) is 0.467. The zero-order chi connectivity index (χ0) is 16.4. The zero-order valence-corrected chi connectivity index (χ0v) is 12.1. The lowest BCUT2D eigenvalue weighted by molar-refractivity contribution is -0.297. The molecule has 1 aromatic carbocycles. The Labute approximate surface area is 126 Å². The van der Waals surface area contributed by atoms with Gasteiger partial charge in [0, 0.05) is 17.7 Å². The van der Waals surface area contributed by atoms with Gasteiger partial charge >= 0.3 is 6.18 Å². The molecule has 0 fully saturated rings. The van der Waals surface area contributed by atoms with Crippen LogP contribution >= 0.6 is 0 Å². The summed E-state index contributed by atoms with van der Waals surface area (Å²) in [5.41, 5.74) is -3.04. The van der Waals surface area contributed by atoms with E-state index < -0.39 is 24.2 Å². The first-order valence-corrected chi connectivity index (χ1v) is 7.04. The van der Waals surface area contributed by atoms with Crippen LogP contribution in [-0.2, 0) is 0 Å². The number of hydrazone groups is 1. The number of carbonyl (C=O) groups excluding carboxylic acids is 1. The van der Waals surface area contributed by atoms with E-state index in [1.807, 2.05) is 6.92 Å². The van der Waals surface area contributed by atoms with Gasteiger partial charge in [0.2, 0.25) is 0 Å². The summed E-state index contributed by atoms with van der Waals surface area (Å²) < 4.78 is 39.7. The lowest BCUT2D eigenvalue weighted by Crippen LogP contribution is -2.56. The van der Waals surface area contributed by atoms with Crippen LogP contribution in [0, 0.1) is 0 Å². The minimum Gasteiger partial charge on any atom is -0.362 e. The number of nitrogens with zero attached hydrogens (tertiary/aromatic N) is 2. The normalized spacial score (nSPS) is 21.9. The first kappa shape index (κ1) is 16.5. The van der Waals surface area contributed by atoms with Crippen molar-refractivity contribution in [2.24, 2.45) is 5.10 Å². The van der Waals surface area contributed by atoms with Crippen molar-refractivity contribution in [3.05, 3.63) is 35.9 Å². The first-order valence-electron chi connectivity index (χ1n) is 7.04. The smallest absolute Gasteiger partial charge is 0.362 e. The molecule has 0 unspecified atom stereocenters. The second-order valence-corrected chi connectivity index (χ2v) is 5.24. The molecule has 1 N–H and O–H groups in total. The average molecular weight is 314 g/mol. The Hall–Kier alpha value is -1.89. The van der Waals surface area contributed by atoms with Gasteiger partial charge in [-0.2, -0.15) is 23.3 Å². The molecule has 0 saturated heterocycles. The standard InChI is InChI=1S/C15H17F3N2O2/c1-2-3-9-12-10-14(22,15(16,17)18)20(19-12)13(21)11-7-5-4-6-8-11/h4-8,22H,2-3,9-10H2,1H3/t14-/m0/s1. The fourth-order valence-electron chi connectivity index (χ4n) is 2.27. The highest BCUT2D eigenvalue weighted by atomic mass is 19.4. The van der Waals surface area contributed by atoms with Crippen LogP contribution in [0.5, 0.6) is 0 Å². The molecule has 1 heterocycles. The lowest BCUT2D eigenvalue weighted by atomic mass is 10.0. The molecule has 7 heteroatoms. The maximum atomic E-state index is 13.2. The Balaban J connectivity index is 2.34. The quantitative estimate of drug-likeness (QED) is 0.927. The van der Waals surface area contributed by atoms with Gasteiger partial charge in [-0.3, -0.25) is 4.79 Å². The predicted molar refractivity (Wildman–Crippen MR) is 75.2 cm³/mol. The molecule has 0 saturated carbocycles. The Morgan fingerprint density at radius 1 is 1.36 bits per heavy atom. The van der Waals surface area contributed by atoms with Crippen molar-refractivity contribution >= 4 is 11.6 Å². The minimum absolute atomic E-state index is 0.0469. The van der Waals surface area contributed by atoms with E-state index in [1.165, 1.54) is 24.3 Å². The van der Waals surface area contributed by atoms with E-state index >= 15 is 0 Å². The van der Waals surface area contributed by atoms with Crippen LogP contribution in [-0.4, -0.2) is 33.6 Å². The van der Waals surface area contributed by atoms with Crippen LogP contribution in [0.4, 0.5) is 13.2 Å².